The van der Waals surface area contributed by atoms with Crippen LogP contribution in [0.4, 0.5) is 5.69 Å². The topological polar surface area (TPSA) is 84.9 Å². The standard InChI is InChI=1S/C24H34N2O5S/c1-6-22(26(32(5,28)29)19-12-14-20(15-13-19)30-7-2)24(27)25-16-17-31-23-11-9-8-10-21(23)18(3)4/h8-15,18,22H,6-7,16-17H2,1-5H3,(H,25,27)/t22-/m0/s1. The fraction of sp³-hybridized carbons (Fsp3) is 0.458. The molecule has 1 atom stereocenters. The zero-order valence-corrected chi connectivity index (χ0v) is 20.3. The van der Waals surface area contributed by atoms with Crippen molar-refractivity contribution in [3.8, 4) is 11.5 Å². The first-order valence-electron chi connectivity index (χ1n) is 10.9. The number of carbonyl (C=O) groups excluding carboxylic acids is 1. The molecule has 32 heavy (non-hydrogen) atoms. The number of para-hydroxylation sites is 1. The molecule has 2 aromatic carbocycles. The van der Waals surface area contributed by atoms with Gasteiger partial charge in [0, 0.05) is 0 Å². The second kappa shape index (κ2) is 11.8. The molecule has 0 aliphatic carbocycles. The van der Waals surface area contributed by atoms with Crippen LogP contribution in [-0.4, -0.2) is 46.4 Å². The van der Waals surface area contributed by atoms with E-state index >= 15 is 0 Å². The number of rotatable bonds is 12. The molecule has 2 aromatic rings. The molecule has 2 rings (SSSR count). The molecule has 0 unspecified atom stereocenters. The van der Waals surface area contributed by atoms with Crippen molar-refractivity contribution < 1.29 is 22.7 Å². The van der Waals surface area contributed by atoms with E-state index in [1.54, 1.807) is 31.2 Å². The molecule has 1 N–H and O–H groups in total. The molecule has 0 aromatic heterocycles. The van der Waals surface area contributed by atoms with Gasteiger partial charge in [-0.25, -0.2) is 8.42 Å². The second-order valence-electron chi connectivity index (χ2n) is 7.74. The van der Waals surface area contributed by atoms with E-state index in [1.807, 2.05) is 31.2 Å². The van der Waals surface area contributed by atoms with E-state index in [9.17, 15) is 13.2 Å². The van der Waals surface area contributed by atoms with Gasteiger partial charge in [0.25, 0.3) is 0 Å². The molecule has 0 heterocycles. The van der Waals surface area contributed by atoms with E-state index in [4.69, 9.17) is 9.47 Å². The molecule has 0 saturated heterocycles. The Morgan fingerprint density at radius 2 is 1.69 bits per heavy atom. The van der Waals surface area contributed by atoms with Gasteiger partial charge in [0.15, 0.2) is 0 Å². The molecule has 0 fully saturated rings. The maximum atomic E-state index is 12.9. The number of anilines is 1. The number of nitrogens with one attached hydrogen (secondary N) is 1. The van der Waals surface area contributed by atoms with Crippen LogP contribution in [0.25, 0.3) is 0 Å². The van der Waals surface area contributed by atoms with Gasteiger partial charge in [-0.05, 0) is 55.2 Å². The van der Waals surface area contributed by atoms with Gasteiger partial charge in [0.05, 0.1) is 25.1 Å². The summed E-state index contributed by atoms with van der Waals surface area (Å²) in [7, 11) is -3.69. The average molecular weight is 463 g/mol. The molecule has 176 valence electrons. The number of hydrogen-bond acceptors (Lipinski definition) is 5. The highest BCUT2D eigenvalue weighted by Gasteiger charge is 2.31. The van der Waals surface area contributed by atoms with Crippen LogP contribution in [0.15, 0.2) is 48.5 Å². The third kappa shape index (κ3) is 6.88. The smallest absolute Gasteiger partial charge is 0.244 e. The van der Waals surface area contributed by atoms with Crippen LogP contribution in [0.3, 0.4) is 0 Å². The number of amides is 1. The highest BCUT2D eigenvalue weighted by atomic mass is 32.2. The summed E-state index contributed by atoms with van der Waals surface area (Å²) >= 11 is 0. The SMILES string of the molecule is CCOc1ccc(N([C@@H](CC)C(=O)NCCOc2ccccc2C(C)C)S(C)(=O)=O)cc1. The summed E-state index contributed by atoms with van der Waals surface area (Å²) in [6.45, 7) is 8.91. The minimum atomic E-state index is -3.69. The number of nitrogens with zero attached hydrogens (tertiary/aromatic N) is 1. The lowest BCUT2D eigenvalue weighted by atomic mass is 10.0. The maximum absolute atomic E-state index is 12.9. The molecule has 7 nitrogen and oxygen atoms in total. The molecule has 0 spiro atoms. The first kappa shape index (κ1) is 25.5. The fourth-order valence-electron chi connectivity index (χ4n) is 3.46. The van der Waals surface area contributed by atoms with Crippen molar-refractivity contribution in [3.63, 3.8) is 0 Å². The molecule has 8 heteroatoms. The number of benzene rings is 2. The Bertz CT molecular complexity index is 974. The minimum absolute atomic E-state index is 0.267. The predicted molar refractivity (Wildman–Crippen MR) is 128 cm³/mol. The van der Waals surface area contributed by atoms with Gasteiger partial charge in [0.1, 0.15) is 24.1 Å². The van der Waals surface area contributed by atoms with Crippen molar-refractivity contribution in [1.29, 1.82) is 0 Å². The van der Waals surface area contributed by atoms with Crippen molar-refractivity contribution in [3.05, 3.63) is 54.1 Å². The van der Waals surface area contributed by atoms with Gasteiger partial charge < -0.3 is 14.8 Å². The Balaban J connectivity index is 2.07. The number of carbonyl (C=O) groups is 1. The van der Waals surface area contributed by atoms with E-state index in [0.717, 1.165) is 21.9 Å². The van der Waals surface area contributed by atoms with Gasteiger partial charge in [-0.15, -0.1) is 0 Å². The fourth-order valence-corrected chi connectivity index (χ4v) is 4.67. The van der Waals surface area contributed by atoms with Gasteiger partial charge >= 0.3 is 0 Å². The van der Waals surface area contributed by atoms with Gasteiger partial charge in [0.2, 0.25) is 15.9 Å². The molecule has 0 radical (unpaired) electrons. The van der Waals surface area contributed by atoms with Crippen molar-refractivity contribution in [2.24, 2.45) is 0 Å². The second-order valence-corrected chi connectivity index (χ2v) is 9.60. The largest absolute Gasteiger partial charge is 0.494 e. The summed E-state index contributed by atoms with van der Waals surface area (Å²) in [6.07, 6.45) is 1.43. The molecular weight excluding hydrogens is 428 g/mol. The van der Waals surface area contributed by atoms with Gasteiger partial charge in [-0.1, -0.05) is 39.0 Å². The van der Waals surface area contributed by atoms with Crippen molar-refractivity contribution >= 4 is 21.6 Å². The van der Waals surface area contributed by atoms with Crippen LogP contribution in [-0.2, 0) is 14.8 Å². The maximum Gasteiger partial charge on any atom is 0.244 e. The zero-order chi connectivity index (χ0) is 23.7. The molecule has 0 bridgehead atoms. The Hall–Kier alpha value is -2.74. The van der Waals surface area contributed by atoms with Crippen LogP contribution in [0, 0.1) is 0 Å². The number of ether oxygens (including phenoxy) is 2. The van der Waals surface area contributed by atoms with Crippen LogP contribution < -0.4 is 19.1 Å². The summed E-state index contributed by atoms with van der Waals surface area (Å²) in [5.74, 6) is 1.38. The zero-order valence-electron chi connectivity index (χ0n) is 19.5. The molecule has 1 amide bonds. The Morgan fingerprint density at radius 1 is 1.03 bits per heavy atom. The van der Waals surface area contributed by atoms with Crippen LogP contribution in [0.5, 0.6) is 11.5 Å². The molecule has 0 aliphatic rings. The summed E-state index contributed by atoms with van der Waals surface area (Å²) in [4.78, 5) is 12.9. The molecular formula is C24H34N2O5S. The first-order valence-corrected chi connectivity index (χ1v) is 12.8. The Morgan fingerprint density at radius 3 is 2.25 bits per heavy atom. The predicted octanol–water partition coefficient (Wildman–Crippen LogP) is 3.95. The lowest BCUT2D eigenvalue weighted by Gasteiger charge is -2.30. The van der Waals surface area contributed by atoms with E-state index in [0.29, 0.717) is 30.4 Å². The minimum Gasteiger partial charge on any atom is -0.494 e. The highest BCUT2D eigenvalue weighted by molar-refractivity contribution is 7.92. The summed E-state index contributed by atoms with van der Waals surface area (Å²) < 4.78 is 37.5. The summed E-state index contributed by atoms with van der Waals surface area (Å²) in [5.41, 5.74) is 1.52. The molecule has 0 aliphatic heterocycles. The number of hydrogen-bond donors (Lipinski definition) is 1. The van der Waals surface area contributed by atoms with Crippen LogP contribution in [0.2, 0.25) is 0 Å². The van der Waals surface area contributed by atoms with Gasteiger partial charge in [-0.2, -0.15) is 0 Å². The lowest BCUT2D eigenvalue weighted by molar-refractivity contribution is -0.122. The van der Waals surface area contributed by atoms with E-state index in [2.05, 4.69) is 19.2 Å². The average Bonchev–Trinajstić information content (AvgIpc) is 2.75. The van der Waals surface area contributed by atoms with E-state index in [1.165, 1.54) is 0 Å². The molecule has 0 saturated carbocycles. The van der Waals surface area contributed by atoms with Crippen molar-refractivity contribution in [2.75, 3.05) is 30.3 Å². The number of sulfonamides is 1. The van der Waals surface area contributed by atoms with Crippen molar-refractivity contribution in [1.82, 2.24) is 5.32 Å². The third-order valence-corrected chi connectivity index (χ3v) is 6.11. The van der Waals surface area contributed by atoms with Gasteiger partial charge in [-0.3, -0.25) is 9.10 Å². The van der Waals surface area contributed by atoms with Crippen LogP contribution >= 0.6 is 0 Å². The normalized spacial score (nSPS) is 12.3. The van der Waals surface area contributed by atoms with Crippen LogP contribution in [0.1, 0.15) is 45.6 Å². The summed E-state index contributed by atoms with van der Waals surface area (Å²) in [6, 6.07) is 13.6. The third-order valence-electron chi connectivity index (χ3n) is 4.93. The Labute approximate surface area is 191 Å². The monoisotopic (exact) mass is 462 g/mol. The van der Waals surface area contributed by atoms with Crippen molar-refractivity contribution in [2.45, 2.75) is 46.1 Å². The Kier molecular flexibility index (Phi) is 9.38. The highest BCUT2D eigenvalue weighted by Crippen LogP contribution is 2.26. The van der Waals surface area contributed by atoms with E-state index in [-0.39, 0.29) is 19.1 Å². The lowest BCUT2D eigenvalue weighted by Crippen LogP contribution is -2.50. The van der Waals surface area contributed by atoms with E-state index < -0.39 is 16.1 Å². The quantitative estimate of drug-likeness (QED) is 0.483. The first-order chi connectivity index (χ1) is 15.2. The summed E-state index contributed by atoms with van der Waals surface area (Å²) in [5, 5.41) is 2.81.